The summed E-state index contributed by atoms with van der Waals surface area (Å²) in [7, 11) is 0. The number of rotatable bonds is 6. The molecular formula is C34H42F2N6O2. The molecule has 1 saturated carbocycles. The van der Waals surface area contributed by atoms with Gasteiger partial charge in [-0.25, -0.2) is 28.1 Å². The van der Waals surface area contributed by atoms with E-state index in [0.29, 0.717) is 23.6 Å². The summed E-state index contributed by atoms with van der Waals surface area (Å²) < 4.78 is 29.5. The van der Waals surface area contributed by atoms with E-state index in [9.17, 15) is 18.4 Å². The molecule has 0 spiro atoms. The first-order valence-corrected chi connectivity index (χ1v) is 15.8. The second-order valence-electron chi connectivity index (χ2n) is 11.2. The van der Waals surface area contributed by atoms with Crippen molar-refractivity contribution >= 4 is 11.6 Å². The van der Waals surface area contributed by atoms with E-state index in [-0.39, 0.29) is 35.2 Å². The lowest BCUT2D eigenvalue weighted by Crippen LogP contribution is -2.23. The van der Waals surface area contributed by atoms with Crippen molar-refractivity contribution in [3.8, 4) is 0 Å². The third-order valence-electron chi connectivity index (χ3n) is 7.58. The molecule has 1 atom stereocenters. The van der Waals surface area contributed by atoms with E-state index < -0.39 is 0 Å². The summed E-state index contributed by atoms with van der Waals surface area (Å²) in [5.74, 6) is 2.32. The Hall–Kier alpha value is -4.08. The monoisotopic (exact) mass is 604 g/mol. The Balaban J connectivity index is 0.000000163. The van der Waals surface area contributed by atoms with Crippen molar-refractivity contribution in [1.29, 1.82) is 0 Å². The van der Waals surface area contributed by atoms with E-state index in [1.807, 2.05) is 17.7 Å². The summed E-state index contributed by atoms with van der Waals surface area (Å²) in [4.78, 5) is 32.2. The van der Waals surface area contributed by atoms with Gasteiger partial charge in [-0.15, -0.1) is 10.2 Å². The minimum absolute atomic E-state index is 0.0513. The summed E-state index contributed by atoms with van der Waals surface area (Å²) in [6, 6.07) is 14.6. The predicted molar refractivity (Wildman–Crippen MR) is 164 cm³/mol. The SMILES string of the molecule is CCC.CCCC(=O)c1nc2n(n1)CCC2.Fc1ccccc1.O=C(c1nc2n(n1)C(c1ccccc1F)CC2)C1CCC1. The number of hydrogen-bond acceptors (Lipinski definition) is 6. The summed E-state index contributed by atoms with van der Waals surface area (Å²) in [6.07, 6.45) is 9.27. The summed E-state index contributed by atoms with van der Waals surface area (Å²) >= 11 is 0. The molecule has 7 rings (SSSR count). The number of fused-ring (bicyclic) bond motifs is 2. The lowest BCUT2D eigenvalue weighted by atomic mass is 9.82. The number of nitrogens with zero attached hydrogens (tertiary/aromatic N) is 6. The molecule has 0 saturated heterocycles. The zero-order chi connectivity index (χ0) is 31.5. The van der Waals surface area contributed by atoms with Crippen molar-refractivity contribution in [3.63, 3.8) is 0 Å². The lowest BCUT2D eigenvalue weighted by molar-refractivity contribution is 0.0843. The average molecular weight is 605 g/mol. The molecule has 3 aliphatic rings. The van der Waals surface area contributed by atoms with E-state index in [2.05, 4.69) is 34.0 Å². The molecule has 0 amide bonds. The molecule has 44 heavy (non-hydrogen) atoms. The van der Waals surface area contributed by atoms with Crippen LogP contribution in [0.15, 0.2) is 54.6 Å². The van der Waals surface area contributed by atoms with Crippen LogP contribution in [0.5, 0.6) is 0 Å². The maximum absolute atomic E-state index is 14.0. The molecule has 0 radical (unpaired) electrons. The van der Waals surface area contributed by atoms with Crippen LogP contribution in [0, 0.1) is 17.6 Å². The molecule has 10 heteroatoms. The molecular weight excluding hydrogens is 562 g/mol. The van der Waals surface area contributed by atoms with Crippen LogP contribution in [-0.2, 0) is 19.4 Å². The van der Waals surface area contributed by atoms with Gasteiger partial charge < -0.3 is 0 Å². The van der Waals surface area contributed by atoms with Crippen LogP contribution in [0.4, 0.5) is 8.78 Å². The van der Waals surface area contributed by atoms with Gasteiger partial charge in [-0.3, -0.25) is 9.59 Å². The highest BCUT2D eigenvalue weighted by molar-refractivity contribution is 5.95. The number of hydrogen-bond donors (Lipinski definition) is 0. The standard InChI is InChI=1S/C16H16FN3O.C9H13N3O.C6H5F.C3H8/c17-12-7-2-1-6-11(12)13-8-9-14-18-16(19-20(13)14)15(21)10-4-3-5-10;1-2-4-7(13)9-10-8-5-3-6-12(8)11-9;7-6-4-2-1-3-5-6;1-3-2/h1-2,6-7,10,13H,3-5,8-9H2;2-6H2,1H3;1-5H;3H2,1-2H3. The fourth-order valence-electron chi connectivity index (χ4n) is 5.15. The number of carbonyl (C=O) groups excluding carboxylic acids is 2. The Labute approximate surface area is 257 Å². The summed E-state index contributed by atoms with van der Waals surface area (Å²) in [6.45, 7) is 7.16. The van der Waals surface area contributed by atoms with E-state index >= 15 is 0 Å². The first-order valence-electron chi connectivity index (χ1n) is 15.8. The van der Waals surface area contributed by atoms with E-state index in [1.54, 1.807) is 35.0 Å². The zero-order valence-electron chi connectivity index (χ0n) is 25.9. The third kappa shape index (κ3) is 8.30. The average Bonchev–Trinajstić information content (AvgIpc) is 3.76. The van der Waals surface area contributed by atoms with Gasteiger partial charge in [0.15, 0.2) is 0 Å². The van der Waals surface area contributed by atoms with Crippen molar-refractivity contribution in [2.45, 2.75) is 97.6 Å². The van der Waals surface area contributed by atoms with Gasteiger partial charge in [-0.05, 0) is 50.3 Å². The first kappa shape index (κ1) is 32.8. The second kappa shape index (κ2) is 16.1. The molecule has 8 nitrogen and oxygen atoms in total. The van der Waals surface area contributed by atoms with Crippen molar-refractivity contribution in [3.05, 3.63) is 95.1 Å². The number of ketones is 2. The largest absolute Gasteiger partial charge is 0.291 e. The number of carbonyl (C=O) groups is 2. The number of halogens is 2. The normalized spacial score (nSPS) is 16.2. The number of Topliss-reactive ketones (excluding diaryl/α,β-unsaturated/α-hetero) is 2. The first-order chi connectivity index (χ1) is 21.4. The van der Waals surface area contributed by atoms with Crippen LogP contribution in [-0.4, -0.2) is 41.1 Å². The van der Waals surface area contributed by atoms with Crippen LogP contribution >= 0.6 is 0 Å². The van der Waals surface area contributed by atoms with Gasteiger partial charge in [0.2, 0.25) is 23.2 Å². The Morgan fingerprint density at radius 3 is 2.09 bits per heavy atom. The summed E-state index contributed by atoms with van der Waals surface area (Å²) in [5, 5.41) is 8.55. The van der Waals surface area contributed by atoms with Crippen molar-refractivity contribution in [1.82, 2.24) is 29.5 Å². The van der Waals surface area contributed by atoms with Crippen LogP contribution in [0.25, 0.3) is 0 Å². The van der Waals surface area contributed by atoms with Crippen molar-refractivity contribution in [2.24, 2.45) is 5.92 Å². The fourth-order valence-corrected chi connectivity index (χ4v) is 5.15. The smallest absolute Gasteiger partial charge is 0.217 e. The van der Waals surface area contributed by atoms with Gasteiger partial charge in [0, 0.05) is 37.3 Å². The highest BCUT2D eigenvalue weighted by Crippen LogP contribution is 2.33. The lowest BCUT2D eigenvalue weighted by Gasteiger charge is -2.22. The molecule has 1 unspecified atom stereocenters. The third-order valence-corrected chi connectivity index (χ3v) is 7.58. The molecule has 2 aromatic heterocycles. The molecule has 0 N–H and O–H groups in total. The Bertz CT molecular complexity index is 1490. The van der Waals surface area contributed by atoms with E-state index in [1.165, 1.54) is 24.6 Å². The number of aromatic nitrogens is 6. The zero-order valence-corrected chi connectivity index (χ0v) is 25.9. The van der Waals surface area contributed by atoms with Gasteiger partial charge in [0.25, 0.3) is 0 Å². The number of benzene rings is 2. The van der Waals surface area contributed by atoms with E-state index in [0.717, 1.165) is 69.6 Å². The van der Waals surface area contributed by atoms with Crippen molar-refractivity contribution < 1.29 is 18.4 Å². The minimum atomic E-state index is -0.224. The van der Waals surface area contributed by atoms with Crippen LogP contribution in [0.3, 0.4) is 0 Å². The minimum Gasteiger partial charge on any atom is -0.291 e. The van der Waals surface area contributed by atoms with Gasteiger partial charge in [0.05, 0.1) is 6.04 Å². The molecule has 234 valence electrons. The van der Waals surface area contributed by atoms with Gasteiger partial charge in [-0.1, -0.05) is 70.0 Å². The maximum Gasteiger partial charge on any atom is 0.217 e. The molecule has 2 aromatic carbocycles. The molecule has 0 bridgehead atoms. The van der Waals surface area contributed by atoms with Gasteiger partial charge in [0.1, 0.15) is 23.3 Å². The number of aryl methyl sites for hydroxylation is 3. The Kier molecular flexibility index (Phi) is 12.0. The molecule has 1 fully saturated rings. The van der Waals surface area contributed by atoms with Crippen molar-refractivity contribution in [2.75, 3.05) is 0 Å². The molecule has 2 aliphatic heterocycles. The van der Waals surface area contributed by atoms with Crippen LogP contribution in [0.1, 0.15) is 117 Å². The fraction of sp³-hybridized carbons (Fsp3) is 0.471. The topological polar surface area (TPSA) is 95.6 Å². The van der Waals surface area contributed by atoms with Gasteiger partial charge in [-0.2, -0.15) is 0 Å². The van der Waals surface area contributed by atoms with E-state index in [4.69, 9.17) is 0 Å². The van der Waals surface area contributed by atoms with Crippen LogP contribution in [0.2, 0.25) is 0 Å². The van der Waals surface area contributed by atoms with Gasteiger partial charge >= 0.3 is 0 Å². The molecule has 4 aromatic rings. The molecule has 4 heterocycles. The highest BCUT2D eigenvalue weighted by atomic mass is 19.1. The maximum atomic E-state index is 14.0. The Morgan fingerprint density at radius 1 is 0.818 bits per heavy atom. The quantitative estimate of drug-likeness (QED) is 0.213. The summed E-state index contributed by atoms with van der Waals surface area (Å²) in [5.41, 5.74) is 0.629. The second-order valence-corrected chi connectivity index (χ2v) is 11.2. The molecule has 1 aliphatic carbocycles. The predicted octanol–water partition coefficient (Wildman–Crippen LogP) is 7.38. The highest BCUT2D eigenvalue weighted by Gasteiger charge is 2.33. The van der Waals surface area contributed by atoms with Crippen LogP contribution < -0.4 is 0 Å². The Morgan fingerprint density at radius 2 is 1.50 bits per heavy atom.